The Morgan fingerprint density at radius 3 is 1.80 bits per heavy atom. The first-order valence-corrected chi connectivity index (χ1v) is 13.9. The van der Waals surface area contributed by atoms with Crippen LogP contribution in [-0.2, 0) is 22.6 Å². The van der Waals surface area contributed by atoms with Crippen LogP contribution in [0, 0.1) is 5.82 Å². The van der Waals surface area contributed by atoms with E-state index < -0.39 is 6.04 Å². The Morgan fingerprint density at radius 1 is 0.750 bits per heavy atom. The SMILES string of the molecule is CCC(C)NC(=O)C(Cc1ccccc1)N(Cc1ccc(F)cc1)C(=O)CC(c1ccccc1)c1ccccc1. The largest absolute Gasteiger partial charge is 0.352 e. The molecule has 0 spiro atoms. The van der Waals surface area contributed by atoms with Crippen LogP contribution in [0.4, 0.5) is 4.39 Å². The van der Waals surface area contributed by atoms with Gasteiger partial charge in [-0.25, -0.2) is 4.39 Å². The van der Waals surface area contributed by atoms with E-state index in [0.717, 1.165) is 28.7 Å². The fourth-order valence-corrected chi connectivity index (χ4v) is 4.87. The zero-order chi connectivity index (χ0) is 28.3. The zero-order valence-corrected chi connectivity index (χ0v) is 23.2. The average Bonchev–Trinajstić information content (AvgIpc) is 2.99. The Morgan fingerprint density at radius 2 is 1.27 bits per heavy atom. The van der Waals surface area contributed by atoms with Gasteiger partial charge in [0.1, 0.15) is 11.9 Å². The number of amides is 2. The highest BCUT2D eigenvalue weighted by Gasteiger charge is 2.32. The Bertz CT molecular complexity index is 1310. The maximum absolute atomic E-state index is 14.3. The average molecular weight is 537 g/mol. The first-order chi connectivity index (χ1) is 19.4. The molecule has 4 rings (SSSR count). The van der Waals surface area contributed by atoms with Gasteiger partial charge >= 0.3 is 0 Å². The fourth-order valence-electron chi connectivity index (χ4n) is 4.87. The molecule has 4 aromatic rings. The molecule has 0 heterocycles. The van der Waals surface area contributed by atoms with Crippen LogP contribution in [0.5, 0.6) is 0 Å². The van der Waals surface area contributed by atoms with Crippen LogP contribution in [0.2, 0.25) is 0 Å². The lowest BCUT2D eigenvalue weighted by atomic mass is 9.87. The smallest absolute Gasteiger partial charge is 0.243 e. The molecule has 0 saturated heterocycles. The molecule has 0 saturated carbocycles. The summed E-state index contributed by atoms with van der Waals surface area (Å²) in [5.74, 6) is -0.849. The van der Waals surface area contributed by atoms with E-state index in [-0.39, 0.29) is 42.6 Å². The molecule has 2 unspecified atom stereocenters. The van der Waals surface area contributed by atoms with Gasteiger partial charge in [0.15, 0.2) is 0 Å². The van der Waals surface area contributed by atoms with Gasteiger partial charge in [0, 0.05) is 31.3 Å². The standard InChI is InChI=1S/C35H37FN2O2/c1-3-26(2)37-35(40)33(23-27-13-7-4-8-14-27)38(25-28-19-21-31(36)22-20-28)34(39)24-32(29-15-9-5-10-16-29)30-17-11-6-12-18-30/h4-22,26,32-33H,3,23-25H2,1-2H3,(H,37,40). The molecule has 40 heavy (non-hydrogen) atoms. The van der Waals surface area contributed by atoms with Gasteiger partial charge in [-0.1, -0.05) is 110 Å². The molecule has 5 heteroatoms. The van der Waals surface area contributed by atoms with Crippen LogP contribution >= 0.6 is 0 Å². The van der Waals surface area contributed by atoms with Crippen LogP contribution in [-0.4, -0.2) is 28.8 Å². The summed E-state index contributed by atoms with van der Waals surface area (Å²) in [6.45, 7) is 4.17. The number of halogens is 1. The molecule has 2 atom stereocenters. The molecule has 0 aliphatic rings. The molecule has 0 aromatic heterocycles. The first-order valence-electron chi connectivity index (χ1n) is 13.9. The van der Waals surface area contributed by atoms with Crippen LogP contribution < -0.4 is 5.32 Å². The van der Waals surface area contributed by atoms with Gasteiger partial charge in [-0.3, -0.25) is 9.59 Å². The minimum atomic E-state index is -0.735. The topological polar surface area (TPSA) is 49.4 Å². The van der Waals surface area contributed by atoms with Gasteiger partial charge in [-0.05, 0) is 47.7 Å². The summed E-state index contributed by atoms with van der Waals surface area (Å²) in [6, 6.07) is 35.1. The molecule has 0 fully saturated rings. The summed E-state index contributed by atoms with van der Waals surface area (Å²) in [7, 11) is 0. The second-order valence-corrected chi connectivity index (χ2v) is 10.2. The number of benzene rings is 4. The maximum atomic E-state index is 14.3. The highest BCUT2D eigenvalue weighted by molar-refractivity contribution is 5.88. The molecule has 0 aliphatic carbocycles. The maximum Gasteiger partial charge on any atom is 0.243 e. The van der Waals surface area contributed by atoms with Gasteiger partial charge in [0.05, 0.1) is 0 Å². The predicted molar refractivity (Wildman–Crippen MR) is 158 cm³/mol. The summed E-state index contributed by atoms with van der Waals surface area (Å²) in [6.07, 6.45) is 1.34. The van der Waals surface area contributed by atoms with Crippen molar-refractivity contribution in [3.8, 4) is 0 Å². The van der Waals surface area contributed by atoms with E-state index in [9.17, 15) is 14.0 Å². The van der Waals surface area contributed by atoms with Crippen molar-refractivity contribution in [3.05, 3.63) is 143 Å². The van der Waals surface area contributed by atoms with Gasteiger partial charge in [0.2, 0.25) is 11.8 Å². The number of rotatable bonds is 12. The summed E-state index contributed by atoms with van der Waals surface area (Å²) in [4.78, 5) is 29.8. The third kappa shape index (κ3) is 7.89. The van der Waals surface area contributed by atoms with Gasteiger partial charge in [0.25, 0.3) is 0 Å². The number of carbonyl (C=O) groups is 2. The highest BCUT2D eigenvalue weighted by atomic mass is 19.1. The lowest BCUT2D eigenvalue weighted by Crippen LogP contribution is -2.52. The summed E-state index contributed by atoms with van der Waals surface area (Å²) < 4.78 is 13.7. The van der Waals surface area contributed by atoms with Crippen molar-refractivity contribution in [2.24, 2.45) is 0 Å². The van der Waals surface area contributed by atoms with Gasteiger partial charge in [-0.2, -0.15) is 0 Å². The van der Waals surface area contributed by atoms with Crippen molar-refractivity contribution in [1.82, 2.24) is 10.2 Å². The first kappa shape index (κ1) is 28.8. The molecular formula is C35H37FN2O2. The Labute approximate surface area is 236 Å². The number of carbonyl (C=O) groups excluding carboxylic acids is 2. The van der Waals surface area contributed by atoms with E-state index in [2.05, 4.69) is 5.32 Å². The lowest BCUT2D eigenvalue weighted by Gasteiger charge is -2.33. The molecular weight excluding hydrogens is 499 g/mol. The van der Waals surface area contributed by atoms with Crippen molar-refractivity contribution in [1.29, 1.82) is 0 Å². The van der Waals surface area contributed by atoms with Crippen molar-refractivity contribution in [2.75, 3.05) is 0 Å². The third-order valence-corrected chi connectivity index (χ3v) is 7.32. The van der Waals surface area contributed by atoms with E-state index in [4.69, 9.17) is 0 Å². The van der Waals surface area contributed by atoms with Crippen molar-refractivity contribution in [2.45, 2.75) is 57.7 Å². The molecule has 0 aliphatic heterocycles. The summed E-state index contributed by atoms with van der Waals surface area (Å²) in [5.41, 5.74) is 3.80. The Kier molecular flexibility index (Phi) is 10.2. The van der Waals surface area contributed by atoms with Crippen molar-refractivity contribution in [3.63, 3.8) is 0 Å². The van der Waals surface area contributed by atoms with Crippen molar-refractivity contribution >= 4 is 11.8 Å². The Balaban J connectivity index is 1.73. The minimum absolute atomic E-state index is 0.0325. The van der Waals surface area contributed by atoms with Gasteiger partial charge in [-0.15, -0.1) is 0 Å². The molecule has 1 N–H and O–H groups in total. The van der Waals surface area contributed by atoms with Crippen LogP contribution in [0.3, 0.4) is 0 Å². The van der Waals surface area contributed by atoms with Gasteiger partial charge < -0.3 is 10.2 Å². The van der Waals surface area contributed by atoms with Crippen LogP contribution in [0.25, 0.3) is 0 Å². The monoisotopic (exact) mass is 536 g/mol. The third-order valence-electron chi connectivity index (χ3n) is 7.32. The highest BCUT2D eigenvalue weighted by Crippen LogP contribution is 2.30. The van der Waals surface area contributed by atoms with E-state index in [1.807, 2.05) is 105 Å². The van der Waals surface area contributed by atoms with Crippen molar-refractivity contribution < 1.29 is 14.0 Å². The molecule has 0 radical (unpaired) electrons. The molecule has 2 amide bonds. The lowest BCUT2D eigenvalue weighted by molar-refractivity contribution is -0.141. The normalized spacial score (nSPS) is 12.5. The minimum Gasteiger partial charge on any atom is -0.352 e. The molecule has 206 valence electrons. The second kappa shape index (κ2) is 14.2. The molecule has 4 nitrogen and oxygen atoms in total. The number of nitrogens with one attached hydrogen (secondary N) is 1. The number of nitrogens with zero attached hydrogens (tertiary/aromatic N) is 1. The summed E-state index contributed by atoms with van der Waals surface area (Å²) >= 11 is 0. The Hall–Kier alpha value is -4.25. The predicted octanol–water partition coefficient (Wildman–Crippen LogP) is 6.90. The number of hydrogen-bond acceptors (Lipinski definition) is 2. The molecule has 0 bridgehead atoms. The quantitative estimate of drug-likeness (QED) is 0.214. The van der Waals surface area contributed by atoms with Crippen LogP contribution in [0.1, 0.15) is 54.9 Å². The summed E-state index contributed by atoms with van der Waals surface area (Å²) in [5, 5.41) is 3.10. The zero-order valence-electron chi connectivity index (χ0n) is 23.2. The van der Waals surface area contributed by atoms with E-state index >= 15 is 0 Å². The second-order valence-electron chi connectivity index (χ2n) is 10.2. The molecule has 4 aromatic carbocycles. The number of hydrogen-bond donors (Lipinski definition) is 1. The van der Waals surface area contributed by atoms with Crippen LogP contribution in [0.15, 0.2) is 115 Å². The fraction of sp³-hybridized carbons (Fsp3) is 0.257. The van der Waals surface area contributed by atoms with E-state index in [0.29, 0.717) is 6.42 Å². The van der Waals surface area contributed by atoms with E-state index in [1.54, 1.807) is 17.0 Å². The van der Waals surface area contributed by atoms with E-state index in [1.165, 1.54) is 12.1 Å².